The van der Waals surface area contributed by atoms with Gasteiger partial charge in [-0.1, -0.05) is 30.3 Å². The third-order valence-corrected chi connectivity index (χ3v) is 8.90. The number of amides is 2. The van der Waals surface area contributed by atoms with E-state index < -0.39 is 29.9 Å². The third-order valence-electron chi connectivity index (χ3n) is 7.62. The van der Waals surface area contributed by atoms with Gasteiger partial charge in [0.1, 0.15) is 10.9 Å². The van der Waals surface area contributed by atoms with Crippen LogP contribution in [0.3, 0.4) is 0 Å². The maximum atomic E-state index is 14.2. The van der Waals surface area contributed by atoms with E-state index in [0.29, 0.717) is 10.6 Å². The Kier molecular flexibility index (Phi) is 6.20. The third kappa shape index (κ3) is 3.80. The molecule has 0 unspecified atom stereocenters. The minimum absolute atomic E-state index is 0.348. The normalized spacial score (nSPS) is 22.4. The minimum Gasteiger partial charge on any atom is -0.465 e. The van der Waals surface area contributed by atoms with E-state index in [2.05, 4.69) is 0 Å². The molecule has 0 spiro atoms. The monoisotopic (exact) mass is 531 g/mol. The summed E-state index contributed by atoms with van der Waals surface area (Å²) in [5.74, 6) is -2.08. The molecule has 0 saturated carbocycles. The van der Waals surface area contributed by atoms with Crippen molar-refractivity contribution < 1.29 is 24.0 Å². The molecule has 2 aromatic carbocycles. The van der Waals surface area contributed by atoms with Crippen LogP contribution in [0.15, 0.2) is 54.6 Å². The summed E-state index contributed by atoms with van der Waals surface area (Å²) >= 11 is 1.36. The molecule has 2 saturated heterocycles. The van der Waals surface area contributed by atoms with Gasteiger partial charge in [-0.15, -0.1) is 11.3 Å². The Morgan fingerprint density at radius 2 is 1.71 bits per heavy atom. The second-order valence-electron chi connectivity index (χ2n) is 10.0. The summed E-state index contributed by atoms with van der Waals surface area (Å²) in [5, 5.41) is 2.05. The molecule has 0 bridgehead atoms. The average molecular weight is 532 g/mol. The standard InChI is InChI=1S/C29H29N3O5S/c1-30(2)18-15-13-17(14-16-18)24-23-25(37-32(24)19-9-5-4-6-10-19)27(34)31(26(23)33)28-22(29(35)36-3)20-11-7-8-12-21(20)38-28/h4-6,9-10,13-16,23-25H,7-8,11-12H2,1-3H3/t23-,24+,25+/m0/s1. The van der Waals surface area contributed by atoms with Crippen molar-refractivity contribution in [3.8, 4) is 0 Å². The maximum absolute atomic E-state index is 14.2. The van der Waals surface area contributed by atoms with Crippen molar-refractivity contribution in [1.82, 2.24) is 0 Å². The molecule has 2 fully saturated rings. The molecule has 38 heavy (non-hydrogen) atoms. The van der Waals surface area contributed by atoms with Gasteiger partial charge in [0, 0.05) is 24.7 Å². The summed E-state index contributed by atoms with van der Waals surface area (Å²) in [6, 6.07) is 16.9. The number of esters is 1. The van der Waals surface area contributed by atoms with Crippen LogP contribution in [0.2, 0.25) is 0 Å². The van der Waals surface area contributed by atoms with E-state index in [1.54, 1.807) is 5.06 Å². The molecular weight excluding hydrogens is 502 g/mol. The largest absolute Gasteiger partial charge is 0.465 e. The lowest BCUT2D eigenvalue weighted by atomic mass is 9.90. The summed E-state index contributed by atoms with van der Waals surface area (Å²) in [6.07, 6.45) is 2.54. The molecule has 2 aliphatic heterocycles. The number of hydrogen-bond acceptors (Lipinski definition) is 8. The number of carbonyl (C=O) groups is 3. The molecule has 0 N–H and O–H groups in total. The van der Waals surface area contributed by atoms with Crippen LogP contribution in [0.25, 0.3) is 0 Å². The number of imide groups is 1. The number of hydrogen-bond donors (Lipinski definition) is 0. The van der Waals surface area contributed by atoms with Crippen molar-refractivity contribution in [2.24, 2.45) is 5.92 Å². The Bertz CT molecular complexity index is 1400. The molecule has 3 atom stereocenters. The van der Waals surface area contributed by atoms with E-state index in [0.717, 1.165) is 53.1 Å². The number of methoxy groups -OCH3 is 1. The van der Waals surface area contributed by atoms with Crippen LogP contribution >= 0.6 is 11.3 Å². The zero-order chi connectivity index (χ0) is 26.6. The summed E-state index contributed by atoms with van der Waals surface area (Å²) in [7, 11) is 5.27. The van der Waals surface area contributed by atoms with Gasteiger partial charge in [0.05, 0.1) is 24.4 Å². The number of benzene rings is 2. The highest BCUT2D eigenvalue weighted by atomic mass is 32.1. The summed E-state index contributed by atoms with van der Waals surface area (Å²) in [6.45, 7) is 0. The highest BCUT2D eigenvalue weighted by Crippen LogP contribution is 2.50. The molecule has 9 heteroatoms. The maximum Gasteiger partial charge on any atom is 0.341 e. The van der Waals surface area contributed by atoms with Gasteiger partial charge in [-0.25, -0.2) is 14.8 Å². The Morgan fingerprint density at radius 3 is 2.39 bits per heavy atom. The molecule has 1 aromatic heterocycles. The first-order valence-corrected chi connectivity index (χ1v) is 13.6. The van der Waals surface area contributed by atoms with Gasteiger partial charge in [-0.2, -0.15) is 0 Å². The van der Waals surface area contributed by atoms with Gasteiger partial charge in [0.2, 0.25) is 5.91 Å². The first-order chi connectivity index (χ1) is 18.4. The van der Waals surface area contributed by atoms with Crippen LogP contribution in [0.1, 0.15) is 45.2 Å². The summed E-state index contributed by atoms with van der Waals surface area (Å²) in [4.78, 5) is 51.4. The van der Waals surface area contributed by atoms with E-state index in [1.165, 1.54) is 23.3 Å². The number of aryl methyl sites for hydroxylation is 1. The second kappa shape index (κ2) is 9.56. The van der Waals surface area contributed by atoms with Gasteiger partial charge in [-0.3, -0.25) is 14.4 Å². The Labute approximate surface area is 225 Å². The van der Waals surface area contributed by atoms with E-state index in [-0.39, 0.29) is 5.91 Å². The molecule has 196 valence electrons. The molecule has 3 aromatic rings. The predicted molar refractivity (Wildman–Crippen MR) is 146 cm³/mol. The van der Waals surface area contributed by atoms with Crippen LogP contribution < -0.4 is 14.9 Å². The number of nitrogens with zero attached hydrogens (tertiary/aromatic N) is 3. The van der Waals surface area contributed by atoms with E-state index in [4.69, 9.17) is 9.57 Å². The fraction of sp³-hybridized carbons (Fsp3) is 0.345. The topological polar surface area (TPSA) is 79.4 Å². The number of thiophene rings is 1. The fourth-order valence-corrected chi connectivity index (χ4v) is 7.13. The van der Waals surface area contributed by atoms with Crippen LogP contribution in [0.4, 0.5) is 16.4 Å². The summed E-state index contributed by atoms with van der Waals surface area (Å²) < 4.78 is 5.10. The van der Waals surface area contributed by atoms with Crippen LogP contribution in [-0.2, 0) is 32.0 Å². The lowest BCUT2D eigenvalue weighted by Gasteiger charge is -2.29. The molecule has 2 amide bonds. The predicted octanol–water partition coefficient (Wildman–Crippen LogP) is 4.53. The number of anilines is 3. The molecule has 3 heterocycles. The summed E-state index contributed by atoms with van der Waals surface area (Å²) in [5.41, 5.74) is 3.91. The molecule has 8 nitrogen and oxygen atoms in total. The number of rotatable bonds is 5. The Morgan fingerprint density at radius 1 is 1.00 bits per heavy atom. The van der Waals surface area contributed by atoms with Crippen molar-refractivity contribution in [3.05, 3.63) is 76.2 Å². The zero-order valence-electron chi connectivity index (χ0n) is 21.5. The van der Waals surface area contributed by atoms with E-state index in [1.807, 2.05) is 73.6 Å². The van der Waals surface area contributed by atoms with Gasteiger partial charge in [0.15, 0.2) is 6.10 Å². The van der Waals surface area contributed by atoms with Crippen LogP contribution in [0.5, 0.6) is 0 Å². The Hall–Kier alpha value is -3.69. The quantitative estimate of drug-likeness (QED) is 0.354. The minimum atomic E-state index is -0.995. The molecular formula is C29H29N3O5S. The van der Waals surface area contributed by atoms with E-state index in [9.17, 15) is 14.4 Å². The lowest BCUT2D eigenvalue weighted by Crippen LogP contribution is -2.37. The molecule has 6 rings (SSSR count). The number of ether oxygens (including phenoxy) is 1. The lowest BCUT2D eigenvalue weighted by molar-refractivity contribution is -0.126. The zero-order valence-corrected chi connectivity index (χ0v) is 22.4. The van der Waals surface area contributed by atoms with Crippen molar-refractivity contribution in [1.29, 1.82) is 0 Å². The number of fused-ring (bicyclic) bond motifs is 2. The first kappa shape index (κ1) is 24.6. The van der Waals surface area contributed by atoms with Gasteiger partial charge < -0.3 is 9.64 Å². The van der Waals surface area contributed by atoms with Crippen molar-refractivity contribution >= 4 is 45.5 Å². The number of carbonyl (C=O) groups excluding carboxylic acids is 3. The highest BCUT2D eigenvalue weighted by Gasteiger charge is 2.61. The fourth-order valence-electron chi connectivity index (χ4n) is 5.74. The highest BCUT2D eigenvalue weighted by molar-refractivity contribution is 7.17. The SMILES string of the molecule is COC(=O)c1c(N2C(=O)[C@H]3[C@@H](c4ccc(N(C)C)cc4)N(c4ccccc4)O[C@H]3C2=O)sc2c1CCCC2. The van der Waals surface area contributed by atoms with Crippen LogP contribution in [-0.4, -0.2) is 45.1 Å². The second-order valence-corrected chi connectivity index (χ2v) is 11.1. The number of para-hydroxylation sites is 1. The van der Waals surface area contributed by atoms with Crippen LogP contribution in [0, 0.1) is 5.92 Å². The van der Waals surface area contributed by atoms with Crippen molar-refractivity contribution in [2.45, 2.75) is 37.8 Å². The van der Waals surface area contributed by atoms with Crippen molar-refractivity contribution in [3.63, 3.8) is 0 Å². The van der Waals surface area contributed by atoms with Gasteiger partial charge in [0.25, 0.3) is 5.91 Å². The number of hydroxylamine groups is 1. The van der Waals surface area contributed by atoms with Crippen molar-refractivity contribution in [2.75, 3.05) is 36.1 Å². The first-order valence-electron chi connectivity index (χ1n) is 12.8. The van der Waals surface area contributed by atoms with Gasteiger partial charge in [-0.05, 0) is 61.1 Å². The van der Waals surface area contributed by atoms with Gasteiger partial charge >= 0.3 is 5.97 Å². The molecule has 1 aliphatic carbocycles. The average Bonchev–Trinajstić information content (AvgIpc) is 3.59. The van der Waals surface area contributed by atoms with E-state index >= 15 is 0 Å². The smallest absolute Gasteiger partial charge is 0.341 e. The Balaban J connectivity index is 1.44. The molecule has 3 aliphatic rings. The molecule has 0 radical (unpaired) electrons.